The van der Waals surface area contributed by atoms with Crippen LogP contribution in [-0.4, -0.2) is 22.4 Å². The molecule has 82 valence electrons. The van der Waals surface area contributed by atoms with Crippen molar-refractivity contribution >= 4 is 28.6 Å². The van der Waals surface area contributed by atoms with Gasteiger partial charge in [-0.1, -0.05) is 25.1 Å². The maximum absolute atomic E-state index is 11.4. The summed E-state index contributed by atoms with van der Waals surface area (Å²) in [7, 11) is 0. The van der Waals surface area contributed by atoms with Crippen LogP contribution in [0.15, 0.2) is 0 Å². The number of rotatable bonds is 5. The van der Waals surface area contributed by atoms with Gasteiger partial charge in [-0.05, 0) is 37.7 Å². The molecule has 1 aliphatic rings. The predicted molar refractivity (Wildman–Crippen MR) is 67.0 cm³/mol. The van der Waals surface area contributed by atoms with Crippen LogP contribution in [0.2, 0.25) is 0 Å². The van der Waals surface area contributed by atoms with E-state index < -0.39 is 0 Å². The number of carbonyl (C=O) groups is 1. The van der Waals surface area contributed by atoms with Gasteiger partial charge in [-0.15, -0.1) is 0 Å². The fourth-order valence-electron chi connectivity index (χ4n) is 1.87. The minimum absolute atomic E-state index is 0.365. The van der Waals surface area contributed by atoms with Crippen molar-refractivity contribution in [2.75, 3.05) is 12.0 Å². The van der Waals surface area contributed by atoms with Crippen molar-refractivity contribution in [3.05, 3.63) is 0 Å². The average molecular weight is 232 g/mol. The zero-order chi connectivity index (χ0) is 10.4. The van der Waals surface area contributed by atoms with Crippen LogP contribution >= 0.6 is 23.5 Å². The van der Waals surface area contributed by atoms with Gasteiger partial charge in [0.05, 0.1) is 0 Å². The molecule has 14 heavy (non-hydrogen) atoms. The van der Waals surface area contributed by atoms with Crippen LogP contribution in [0.25, 0.3) is 0 Å². The number of hydrogen-bond donors (Lipinski definition) is 0. The van der Waals surface area contributed by atoms with Crippen molar-refractivity contribution < 1.29 is 4.79 Å². The number of thioether (sulfide) groups is 2. The van der Waals surface area contributed by atoms with E-state index in [2.05, 4.69) is 18.7 Å². The fourth-order valence-corrected chi connectivity index (χ4v) is 3.87. The predicted octanol–water partition coefficient (Wildman–Crippen LogP) is 3.58. The third-order valence-corrected chi connectivity index (χ3v) is 4.93. The molecule has 0 radical (unpaired) electrons. The zero-order valence-electron chi connectivity index (χ0n) is 9.12. The first kappa shape index (κ1) is 12.4. The number of carbonyl (C=O) groups excluding carboxylic acids is 1. The van der Waals surface area contributed by atoms with Crippen LogP contribution in [0.3, 0.4) is 0 Å². The van der Waals surface area contributed by atoms with Gasteiger partial charge in [0.15, 0.2) is 5.12 Å². The minimum Gasteiger partial charge on any atom is -0.287 e. The number of unbranched alkanes of at least 4 members (excludes halogenated alkanes) is 1. The molecule has 3 heteroatoms. The topological polar surface area (TPSA) is 17.1 Å². The van der Waals surface area contributed by atoms with Gasteiger partial charge in [-0.2, -0.15) is 11.8 Å². The molecule has 0 spiro atoms. The maximum atomic E-state index is 11.4. The summed E-state index contributed by atoms with van der Waals surface area (Å²) in [5, 5.41) is 1.17. The summed E-state index contributed by atoms with van der Waals surface area (Å²) < 4.78 is 0. The molecule has 0 aromatic heterocycles. The Labute approximate surface area is 95.8 Å². The Morgan fingerprint density at radius 1 is 1.43 bits per heavy atom. The van der Waals surface area contributed by atoms with Crippen molar-refractivity contribution in [1.29, 1.82) is 0 Å². The van der Waals surface area contributed by atoms with E-state index in [1.165, 1.54) is 36.8 Å². The summed E-state index contributed by atoms with van der Waals surface area (Å²) in [4.78, 5) is 11.4. The lowest BCUT2D eigenvalue weighted by Gasteiger charge is -2.09. The molecular weight excluding hydrogens is 212 g/mol. The lowest BCUT2D eigenvalue weighted by atomic mass is 10.1. The molecule has 0 aromatic carbocycles. The van der Waals surface area contributed by atoms with E-state index in [1.54, 1.807) is 0 Å². The van der Waals surface area contributed by atoms with E-state index in [0.29, 0.717) is 11.0 Å². The summed E-state index contributed by atoms with van der Waals surface area (Å²) in [5.74, 6) is 1.64. The van der Waals surface area contributed by atoms with Gasteiger partial charge in [0.2, 0.25) is 0 Å². The summed E-state index contributed by atoms with van der Waals surface area (Å²) >= 11 is 3.48. The quantitative estimate of drug-likeness (QED) is 0.674. The molecule has 1 fully saturated rings. The van der Waals surface area contributed by atoms with Crippen molar-refractivity contribution in [3.63, 3.8) is 0 Å². The highest BCUT2D eigenvalue weighted by Gasteiger charge is 2.29. The zero-order valence-corrected chi connectivity index (χ0v) is 10.8. The maximum Gasteiger partial charge on any atom is 0.191 e. The molecule has 0 bridgehead atoms. The van der Waals surface area contributed by atoms with Crippen LogP contribution < -0.4 is 0 Å². The highest BCUT2D eigenvalue weighted by atomic mass is 32.2. The van der Waals surface area contributed by atoms with Crippen LogP contribution in [0.4, 0.5) is 0 Å². The first-order valence-electron chi connectivity index (χ1n) is 5.47. The van der Waals surface area contributed by atoms with Gasteiger partial charge < -0.3 is 0 Å². The lowest BCUT2D eigenvalue weighted by Crippen LogP contribution is -2.07. The van der Waals surface area contributed by atoms with Gasteiger partial charge in [-0.3, -0.25) is 4.79 Å². The van der Waals surface area contributed by atoms with Crippen LogP contribution in [0.5, 0.6) is 0 Å². The van der Waals surface area contributed by atoms with Crippen LogP contribution in [0.1, 0.15) is 39.0 Å². The first-order chi connectivity index (χ1) is 6.77. The van der Waals surface area contributed by atoms with Gasteiger partial charge in [0, 0.05) is 11.2 Å². The Morgan fingerprint density at radius 3 is 2.86 bits per heavy atom. The van der Waals surface area contributed by atoms with Crippen LogP contribution in [-0.2, 0) is 4.79 Å². The Balaban J connectivity index is 2.17. The first-order valence-corrected chi connectivity index (χ1v) is 7.74. The summed E-state index contributed by atoms with van der Waals surface area (Å²) in [6.07, 6.45) is 8.03. The average Bonchev–Trinajstić information content (AvgIpc) is 2.66. The normalized spacial score (nSPS) is 26.7. The molecule has 0 saturated heterocycles. The molecule has 1 rings (SSSR count). The summed E-state index contributed by atoms with van der Waals surface area (Å²) in [6.45, 7) is 2.23. The molecule has 0 aromatic rings. The summed E-state index contributed by atoms with van der Waals surface area (Å²) in [6, 6.07) is 0. The second-order valence-electron chi connectivity index (χ2n) is 3.88. The van der Waals surface area contributed by atoms with E-state index in [1.807, 2.05) is 6.26 Å². The molecule has 1 nitrogen and oxygen atoms in total. The van der Waals surface area contributed by atoms with E-state index >= 15 is 0 Å². The Hall–Kier alpha value is 0.370. The standard InChI is InChI=1S/C11H20OS2/c1-3-4-7-14-10-6-5-9(8-10)11(12)13-2/h9-10H,3-8H2,1-2H3/t9-,10+/m1/s1. The third-order valence-electron chi connectivity index (χ3n) is 2.77. The number of hydrogen-bond acceptors (Lipinski definition) is 3. The molecule has 2 atom stereocenters. The monoisotopic (exact) mass is 232 g/mol. The molecule has 1 aliphatic carbocycles. The summed E-state index contributed by atoms with van der Waals surface area (Å²) in [5.41, 5.74) is 0. The third kappa shape index (κ3) is 3.85. The minimum atomic E-state index is 0.365. The highest BCUT2D eigenvalue weighted by Crippen LogP contribution is 2.36. The van der Waals surface area contributed by atoms with Gasteiger partial charge in [0.25, 0.3) is 0 Å². The van der Waals surface area contributed by atoms with E-state index in [0.717, 1.165) is 18.1 Å². The van der Waals surface area contributed by atoms with E-state index in [4.69, 9.17) is 0 Å². The Morgan fingerprint density at radius 2 is 2.21 bits per heavy atom. The largest absolute Gasteiger partial charge is 0.287 e. The van der Waals surface area contributed by atoms with E-state index in [-0.39, 0.29) is 0 Å². The second kappa shape index (κ2) is 6.78. The highest BCUT2D eigenvalue weighted by molar-refractivity contribution is 8.13. The van der Waals surface area contributed by atoms with Crippen molar-refractivity contribution in [3.8, 4) is 0 Å². The molecule has 0 amide bonds. The van der Waals surface area contributed by atoms with Crippen molar-refractivity contribution in [1.82, 2.24) is 0 Å². The molecule has 0 N–H and O–H groups in total. The van der Waals surface area contributed by atoms with Gasteiger partial charge in [0.1, 0.15) is 0 Å². The Bertz CT molecular complexity index is 182. The van der Waals surface area contributed by atoms with Gasteiger partial charge in [-0.25, -0.2) is 0 Å². The molecule has 1 saturated carbocycles. The van der Waals surface area contributed by atoms with Gasteiger partial charge >= 0.3 is 0 Å². The molecule has 0 unspecified atom stereocenters. The molecular formula is C11H20OS2. The van der Waals surface area contributed by atoms with Crippen LogP contribution in [0, 0.1) is 5.92 Å². The van der Waals surface area contributed by atoms with Crippen molar-refractivity contribution in [2.45, 2.75) is 44.3 Å². The lowest BCUT2D eigenvalue weighted by molar-refractivity contribution is -0.114. The van der Waals surface area contributed by atoms with E-state index in [9.17, 15) is 4.79 Å². The smallest absolute Gasteiger partial charge is 0.191 e. The Kier molecular flexibility index (Phi) is 6.02. The molecule has 0 aliphatic heterocycles. The second-order valence-corrected chi connectivity index (χ2v) is 6.10. The molecule has 0 heterocycles. The SMILES string of the molecule is CCCCS[C@H]1CC[C@@H](C(=O)SC)C1. The fraction of sp³-hybridized carbons (Fsp3) is 0.909. The van der Waals surface area contributed by atoms with Crippen molar-refractivity contribution in [2.24, 2.45) is 5.92 Å².